The molecular formula is C18H19Cl3N2. The average Bonchev–Trinajstić information content (AvgIpc) is 2.45. The Labute approximate surface area is 152 Å². The second-order valence-electron chi connectivity index (χ2n) is 6.38. The van der Waals surface area contributed by atoms with E-state index >= 15 is 0 Å². The Morgan fingerprint density at radius 3 is 1.96 bits per heavy atom. The molecule has 0 saturated carbocycles. The number of hydrogen-bond acceptors (Lipinski definition) is 2. The lowest BCUT2D eigenvalue weighted by Crippen LogP contribution is -2.11. The molecule has 1 N–H and O–H groups in total. The highest BCUT2D eigenvalue weighted by Crippen LogP contribution is 2.33. The summed E-state index contributed by atoms with van der Waals surface area (Å²) in [4.78, 5) is 0. The third-order valence-corrected chi connectivity index (χ3v) is 4.33. The zero-order valence-electron chi connectivity index (χ0n) is 13.5. The quantitative estimate of drug-likeness (QED) is 0.468. The van der Waals surface area contributed by atoms with Gasteiger partial charge in [-0.2, -0.15) is 5.10 Å². The van der Waals surface area contributed by atoms with E-state index in [-0.39, 0.29) is 5.41 Å². The van der Waals surface area contributed by atoms with Gasteiger partial charge in [0.1, 0.15) is 0 Å². The smallest absolute Gasteiger partial charge is 0.0935 e. The Morgan fingerprint density at radius 1 is 0.957 bits per heavy atom. The third-order valence-electron chi connectivity index (χ3n) is 3.51. The summed E-state index contributed by atoms with van der Waals surface area (Å²) in [5.41, 5.74) is 6.75. The van der Waals surface area contributed by atoms with E-state index in [0.29, 0.717) is 20.8 Å². The lowest BCUT2D eigenvalue weighted by Gasteiger charge is -2.19. The fraction of sp³-hybridized carbons (Fsp3) is 0.278. The van der Waals surface area contributed by atoms with Crippen molar-refractivity contribution in [2.75, 3.05) is 5.43 Å². The van der Waals surface area contributed by atoms with E-state index in [0.717, 1.165) is 11.3 Å². The van der Waals surface area contributed by atoms with Crippen LogP contribution in [0.25, 0.3) is 0 Å². The molecule has 2 nitrogen and oxygen atoms in total. The minimum Gasteiger partial charge on any atom is -0.275 e. The van der Waals surface area contributed by atoms with E-state index in [1.165, 1.54) is 5.56 Å². The van der Waals surface area contributed by atoms with E-state index in [1.54, 1.807) is 12.1 Å². The second-order valence-corrected chi connectivity index (χ2v) is 7.63. The molecular weight excluding hydrogens is 351 g/mol. The van der Waals surface area contributed by atoms with Crippen LogP contribution in [0.4, 0.5) is 5.69 Å². The molecule has 23 heavy (non-hydrogen) atoms. The zero-order valence-corrected chi connectivity index (χ0v) is 15.8. The van der Waals surface area contributed by atoms with Gasteiger partial charge in [-0.3, -0.25) is 5.43 Å². The molecule has 0 atom stereocenters. The van der Waals surface area contributed by atoms with Crippen molar-refractivity contribution in [3.05, 3.63) is 62.6 Å². The molecule has 122 valence electrons. The summed E-state index contributed by atoms with van der Waals surface area (Å²) in [7, 11) is 0. The zero-order chi connectivity index (χ0) is 17.2. The van der Waals surface area contributed by atoms with Crippen LogP contribution in [0.5, 0.6) is 0 Å². The van der Waals surface area contributed by atoms with Crippen LogP contribution in [0.2, 0.25) is 15.1 Å². The molecule has 0 unspecified atom stereocenters. The first-order valence-corrected chi connectivity index (χ1v) is 8.37. The highest BCUT2D eigenvalue weighted by atomic mass is 35.5. The number of benzene rings is 2. The van der Waals surface area contributed by atoms with Gasteiger partial charge >= 0.3 is 0 Å². The Morgan fingerprint density at radius 2 is 1.48 bits per heavy atom. The fourth-order valence-electron chi connectivity index (χ4n) is 2.06. The first kappa shape index (κ1) is 18.1. The highest BCUT2D eigenvalue weighted by molar-refractivity contribution is 6.41. The van der Waals surface area contributed by atoms with Crippen molar-refractivity contribution in [3.63, 3.8) is 0 Å². The van der Waals surface area contributed by atoms with E-state index in [1.807, 2.05) is 6.92 Å². The second kappa shape index (κ2) is 7.12. The molecule has 0 radical (unpaired) electrons. The lowest BCUT2D eigenvalue weighted by atomic mass is 9.86. The molecule has 2 aromatic carbocycles. The van der Waals surface area contributed by atoms with Crippen LogP contribution in [-0.4, -0.2) is 5.71 Å². The van der Waals surface area contributed by atoms with Crippen LogP contribution < -0.4 is 5.43 Å². The molecule has 5 heteroatoms. The van der Waals surface area contributed by atoms with Gasteiger partial charge in [-0.05, 0) is 35.6 Å². The van der Waals surface area contributed by atoms with Crippen LogP contribution in [0.1, 0.15) is 38.8 Å². The lowest BCUT2D eigenvalue weighted by molar-refractivity contribution is 0.590. The van der Waals surface area contributed by atoms with Gasteiger partial charge < -0.3 is 0 Å². The summed E-state index contributed by atoms with van der Waals surface area (Å²) in [5, 5.41) is 5.72. The molecule has 0 saturated heterocycles. The van der Waals surface area contributed by atoms with Crippen LogP contribution in [0, 0.1) is 0 Å². The number of nitrogens with zero attached hydrogens (tertiary/aromatic N) is 1. The van der Waals surface area contributed by atoms with Crippen molar-refractivity contribution < 1.29 is 0 Å². The first-order chi connectivity index (χ1) is 10.7. The Hall–Kier alpha value is -1.22. The van der Waals surface area contributed by atoms with Crippen LogP contribution in [-0.2, 0) is 5.41 Å². The van der Waals surface area contributed by atoms with Crippen molar-refractivity contribution in [1.29, 1.82) is 0 Å². The SMILES string of the molecule is CC(=NNc1c(Cl)cc(Cl)cc1Cl)c1ccc(C(C)(C)C)cc1. The largest absolute Gasteiger partial charge is 0.275 e. The Kier molecular flexibility index (Phi) is 5.61. The molecule has 2 rings (SSSR count). The van der Waals surface area contributed by atoms with E-state index in [4.69, 9.17) is 34.8 Å². The van der Waals surface area contributed by atoms with Crippen molar-refractivity contribution >= 4 is 46.2 Å². The molecule has 0 aliphatic carbocycles. The Bertz CT molecular complexity index is 706. The van der Waals surface area contributed by atoms with Crippen LogP contribution in [0.3, 0.4) is 0 Å². The summed E-state index contributed by atoms with van der Waals surface area (Å²) in [6, 6.07) is 11.6. The van der Waals surface area contributed by atoms with Gasteiger partial charge in [-0.15, -0.1) is 0 Å². The summed E-state index contributed by atoms with van der Waals surface area (Å²) in [6.45, 7) is 8.50. The average molecular weight is 370 g/mol. The standard InChI is InChI=1S/C18H19Cl3N2/c1-11(12-5-7-13(8-6-12)18(2,3)4)22-23-17-15(20)9-14(19)10-16(17)21/h5-10,23H,1-4H3. The van der Waals surface area contributed by atoms with Crippen molar-refractivity contribution in [2.24, 2.45) is 5.10 Å². The maximum Gasteiger partial charge on any atom is 0.0935 e. The Balaban J connectivity index is 2.21. The molecule has 0 spiro atoms. The highest BCUT2D eigenvalue weighted by Gasteiger charge is 2.13. The molecule has 0 fully saturated rings. The monoisotopic (exact) mass is 368 g/mol. The molecule has 0 aliphatic heterocycles. The van der Waals surface area contributed by atoms with Crippen molar-refractivity contribution in [2.45, 2.75) is 33.1 Å². The number of rotatable bonds is 3. The van der Waals surface area contributed by atoms with Gasteiger partial charge in [0.15, 0.2) is 0 Å². The van der Waals surface area contributed by atoms with E-state index < -0.39 is 0 Å². The number of hydrogen-bond donors (Lipinski definition) is 1. The van der Waals surface area contributed by atoms with Crippen LogP contribution in [0.15, 0.2) is 41.5 Å². The van der Waals surface area contributed by atoms with E-state index in [2.05, 4.69) is 55.6 Å². The maximum absolute atomic E-state index is 6.13. The first-order valence-electron chi connectivity index (χ1n) is 7.24. The van der Waals surface area contributed by atoms with Crippen LogP contribution >= 0.6 is 34.8 Å². The van der Waals surface area contributed by atoms with Gasteiger partial charge in [0.2, 0.25) is 0 Å². The predicted octanol–water partition coefficient (Wildman–Crippen LogP) is 6.78. The maximum atomic E-state index is 6.13. The van der Waals surface area contributed by atoms with Gasteiger partial charge in [-0.1, -0.05) is 79.8 Å². The van der Waals surface area contributed by atoms with Gasteiger partial charge in [0.25, 0.3) is 0 Å². The summed E-state index contributed by atoms with van der Waals surface area (Å²) in [5.74, 6) is 0. The normalized spacial score (nSPS) is 12.4. The summed E-state index contributed by atoms with van der Waals surface area (Å²) >= 11 is 18.2. The van der Waals surface area contributed by atoms with Gasteiger partial charge in [0, 0.05) is 5.02 Å². The minimum absolute atomic E-state index is 0.131. The molecule has 0 heterocycles. The van der Waals surface area contributed by atoms with Gasteiger partial charge in [-0.25, -0.2) is 0 Å². The number of nitrogens with one attached hydrogen (secondary N) is 1. The van der Waals surface area contributed by atoms with Crippen molar-refractivity contribution in [3.8, 4) is 0 Å². The molecule has 2 aromatic rings. The van der Waals surface area contributed by atoms with Gasteiger partial charge in [0.05, 0.1) is 21.4 Å². The fourth-order valence-corrected chi connectivity index (χ4v) is 2.97. The topological polar surface area (TPSA) is 24.4 Å². The molecule has 0 bridgehead atoms. The number of hydrazone groups is 1. The summed E-state index contributed by atoms with van der Waals surface area (Å²) < 4.78 is 0. The molecule has 0 aliphatic rings. The number of anilines is 1. The van der Waals surface area contributed by atoms with E-state index in [9.17, 15) is 0 Å². The molecule has 0 aromatic heterocycles. The molecule has 0 amide bonds. The third kappa shape index (κ3) is 4.63. The van der Waals surface area contributed by atoms with Crippen molar-refractivity contribution in [1.82, 2.24) is 0 Å². The minimum atomic E-state index is 0.131. The number of halogens is 3. The summed E-state index contributed by atoms with van der Waals surface area (Å²) in [6.07, 6.45) is 0. The predicted molar refractivity (Wildman–Crippen MR) is 102 cm³/mol.